The first-order valence-corrected chi connectivity index (χ1v) is 9.58. The van der Waals surface area contributed by atoms with Crippen LogP contribution in [0.25, 0.3) is 10.8 Å². The summed E-state index contributed by atoms with van der Waals surface area (Å²) in [6.45, 7) is 0. The lowest BCUT2D eigenvalue weighted by atomic mass is 10.0. The largest absolute Gasteiger partial charge is 0.867 e. The van der Waals surface area contributed by atoms with Crippen LogP contribution in [-0.4, -0.2) is 17.0 Å². The second kappa shape index (κ2) is 8.49. The summed E-state index contributed by atoms with van der Waals surface area (Å²) in [4.78, 5) is 22.4. The van der Waals surface area contributed by atoms with Crippen molar-refractivity contribution in [1.29, 1.82) is 0 Å². The molecule has 9 heteroatoms. The molecule has 0 atom stereocenters. The Kier molecular flexibility index (Phi) is 6.05. The van der Waals surface area contributed by atoms with Crippen LogP contribution in [0.4, 0.5) is 5.69 Å². The van der Waals surface area contributed by atoms with E-state index in [4.69, 9.17) is 0 Å². The van der Waals surface area contributed by atoms with E-state index in [0.717, 1.165) is 33.1 Å². The molecule has 0 spiro atoms. The van der Waals surface area contributed by atoms with E-state index in [9.17, 15) is 20.0 Å². The third-order valence-electron chi connectivity index (χ3n) is 3.96. The molecular formula is C19H12Br2N3O4-. The number of nitro benzene ring substituents is 1. The average Bonchev–Trinajstić information content (AvgIpc) is 2.66. The Bertz CT molecular complexity index is 1120. The molecule has 0 aromatic heterocycles. The molecule has 142 valence electrons. The topological polar surface area (TPSA) is 108 Å². The van der Waals surface area contributed by atoms with Gasteiger partial charge in [-0.25, -0.2) is 5.43 Å². The van der Waals surface area contributed by atoms with E-state index in [2.05, 4.69) is 42.4 Å². The summed E-state index contributed by atoms with van der Waals surface area (Å²) in [5.41, 5.74) is 2.61. The van der Waals surface area contributed by atoms with Crippen molar-refractivity contribution in [2.24, 2.45) is 5.10 Å². The van der Waals surface area contributed by atoms with Crippen molar-refractivity contribution in [1.82, 2.24) is 5.43 Å². The van der Waals surface area contributed by atoms with Crippen molar-refractivity contribution in [3.05, 3.63) is 78.7 Å². The highest BCUT2D eigenvalue weighted by Crippen LogP contribution is 2.30. The number of benzene rings is 3. The Morgan fingerprint density at radius 1 is 1.14 bits per heavy atom. The molecule has 3 aromatic carbocycles. The molecule has 7 nitrogen and oxygen atoms in total. The van der Waals surface area contributed by atoms with Crippen LogP contribution in [0.1, 0.15) is 11.1 Å². The molecule has 0 aliphatic heterocycles. The molecule has 0 fully saturated rings. The van der Waals surface area contributed by atoms with Gasteiger partial charge in [-0.2, -0.15) is 5.10 Å². The lowest BCUT2D eigenvalue weighted by Crippen LogP contribution is -2.20. The van der Waals surface area contributed by atoms with Crippen LogP contribution in [0.2, 0.25) is 0 Å². The maximum Gasteiger partial charge on any atom is 0.263 e. The number of amides is 1. The number of nitrogens with one attached hydrogen (secondary N) is 1. The molecule has 0 radical (unpaired) electrons. The van der Waals surface area contributed by atoms with Crippen molar-refractivity contribution < 1.29 is 14.8 Å². The van der Waals surface area contributed by atoms with Crippen LogP contribution in [0.5, 0.6) is 5.75 Å². The molecule has 0 aliphatic rings. The Balaban J connectivity index is 1.75. The Hall–Kier alpha value is -2.78. The van der Waals surface area contributed by atoms with Crippen LogP contribution in [0.3, 0.4) is 0 Å². The summed E-state index contributed by atoms with van der Waals surface area (Å²) in [6.07, 6.45) is 1.19. The van der Waals surface area contributed by atoms with Crippen LogP contribution < -0.4 is 10.5 Å². The fraction of sp³-hybridized carbons (Fsp3) is 0.0526. The second-order valence-corrected chi connectivity index (χ2v) is 7.59. The fourth-order valence-electron chi connectivity index (χ4n) is 2.70. The van der Waals surface area contributed by atoms with Crippen molar-refractivity contribution in [2.75, 3.05) is 0 Å². The fourth-order valence-corrected chi connectivity index (χ4v) is 3.64. The lowest BCUT2D eigenvalue weighted by molar-refractivity contribution is -0.398. The molecule has 0 aliphatic carbocycles. The SMILES string of the molecule is O=C(Cc1ccc(Br)c2ccccc12)NN=Cc1cc(Br)cc([N+](=O)[O-])c1[O-]. The molecular weight excluding hydrogens is 494 g/mol. The molecule has 28 heavy (non-hydrogen) atoms. The number of hydrogen-bond donors (Lipinski definition) is 1. The minimum atomic E-state index is -0.773. The normalized spacial score (nSPS) is 11.1. The van der Waals surface area contributed by atoms with Crippen molar-refractivity contribution in [3.63, 3.8) is 0 Å². The van der Waals surface area contributed by atoms with Gasteiger partial charge in [0.15, 0.2) is 0 Å². The minimum absolute atomic E-state index is 0.00420. The van der Waals surface area contributed by atoms with Gasteiger partial charge >= 0.3 is 0 Å². The van der Waals surface area contributed by atoms with Gasteiger partial charge in [0.05, 0.1) is 17.6 Å². The highest BCUT2D eigenvalue weighted by molar-refractivity contribution is 9.11. The molecule has 0 bridgehead atoms. The molecule has 3 rings (SSSR count). The van der Waals surface area contributed by atoms with E-state index < -0.39 is 16.4 Å². The molecule has 0 saturated heterocycles. The predicted molar refractivity (Wildman–Crippen MR) is 111 cm³/mol. The van der Waals surface area contributed by atoms with Gasteiger partial charge in [-0.3, -0.25) is 14.9 Å². The number of nitrogens with zero attached hydrogens (tertiary/aromatic N) is 2. The molecule has 0 unspecified atom stereocenters. The number of halogens is 2. The van der Waals surface area contributed by atoms with Crippen molar-refractivity contribution in [3.8, 4) is 5.75 Å². The van der Waals surface area contributed by atoms with E-state index in [1.54, 1.807) is 0 Å². The summed E-state index contributed by atoms with van der Waals surface area (Å²) in [7, 11) is 0. The van der Waals surface area contributed by atoms with Gasteiger partial charge in [-0.1, -0.05) is 62.2 Å². The maximum atomic E-state index is 12.2. The minimum Gasteiger partial charge on any atom is -0.867 e. The summed E-state index contributed by atoms with van der Waals surface area (Å²) < 4.78 is 1.30. The Morgan fingerprint density at radius 2 is 1.86 bits per heavy atom. The number of carbonyl (C=O) groups excluding carboxylic acids is 1. The number of nitro groups is 1. The lowest BCUT2D eigenvalue weighted by Gasteiger charge is -2.11. The van der Waals surface area contributed by atoms with Crippen LogP contribution in [-0.2, 0) is 11.2 Å². The maximum absolute atomic E-state index is 12.2. The highest BCUT2D eigenvalue weighted by Gasteiger charge is 2.11. The molecule has 0 saturated carbocycles. The highest BCUT2D eigenvalue weighted by atomic mass is 79.9. The monoisotopic (exact) mass is 504 g/mol. The van der Waals surface area contributed by atoms with Gasteiger partial charge in [0.2, 0.25) is 5.91 Å². The van der Waals surface area contributed by atoms with E-state index in [0.29, 0.717) is 4.47 Å². The number of hydrazone groups is 1. The summed E-state index contributed by atoms with van der Waals surface area (Å²) >= 11 is 6.60. The zero-order valence-corrected chi connectivity index (χ0v) is 17.4. The third-order valence-corrected chi connectivity index (χ3v) is 5.11. The zero-order chi connectivity index (χ0) is 20.3. The summed E-state index contributed by atoms with van der Waals surface area (Å²) in [5.74, 6) is -1.15. The molecule has 3 aromatic rings. The van der Waals surface area contributed by atoms with Gasteiger partial charge in [0.1, 0.15) is 0 Å². The van der Waals surface area contributed by atoms with Crippen LogP contribution >= 0.6 is 31.9 Å². The van der Waals surface area contributed by atoms with Gasteiger partial charge < -0.3 is 5.11 Å². The zero-order valence-electron chi connectivity index (χ0n) is 14.2. The standard InChI is InChI=1S/C19H13Br2N3O4/c20-13-7-12(19(26)17(9-13)24(27)28)10-22-23-18(25)8-11-5-6-16(21)15-4-2-1-3-14(11)15/h1-7,9-10,26H,8H2,(H,23,25)/p-1. The van der Waals surface area contributed by atoms with Crippen molar-refractivity contribution >= 4 is 60.4 Å². The second-order valence-electron chi connectivity index (χ2n) is 5.82. The number of hydrogen-bond acceptors (Lipinski definition) is 5. The van der Waals surface area contributed by atoms with Gasteiger partial charge in [-0.05, 0) is 39.8 Å². The number of rotatable bonds is 5. The Morgan fingerprint density at radius 3 is 2.57 bits per heavy atom. The average molecular weight is 506 g/mol. The first kappa shape index (κ1) is 20.0. The Labute approximate surface area is 176 Å². The van der Waals surface area contributed by atoms with Crippen LogP contribution in [0.15, 0.2) is 62.6 Å². The van der Waals surface area contributed by atoms with E-state index in [1.165, 1.54) is 6.07 Å². The van der Waals surface area contributed by atoms with Gasteiger partial charge in [-0.15, -0.1) is 0 Å². The predicted octanol–water partition coefficient (Wildman–Crippen LogP) is 4.04. The third kappa shape index (κ3) is 4.37. The smallest absolute Gasteiger partial charge is 0.263 e. The summed E-state index contributed by atoms with van der Waals surface area (Å²) in [6, 6.07) is 13.9. The number of carbonyl (C=O) groups is 1. The molecule has 1 amide bonds. The van der Waals surface area contributed by atoms with E-state index >= 15 is 0 Å². The quantitative estimate of drug-likeness (QED) is 0.320. The van der Waals surface area contributed by atoms with Crippen molar-refractivity contribution in [2.45, 2.75) is 6.42 Å². The number of fused-ring (bicyclic) bond motifs is 1. The van der Waals surface area contributed by atoms with Gasteiger partial charge in [0.25, 0.3) is 5.69 Å². The molecule has 0 heterocycles. The first-order chi connectivity index (χ1) is 13.4. The first-order valence-electron chi connectivity index (χ1n) is 8.00. The van der Waals surface area contributed by atoms with Gasteiger partial charge in [0, 0.05) is 15.0 Å². The van der Waals surface area contributed by atoms with E-state index in [1.807, 2.05) is 36.4 Å². The van der Waals surface area contributed by atoms with Crippen LogP contribution in [0, 0.1) is 10.1 Å². The molecule has 1 N–H and O–H groups in total. The van der Waals surface area contributed by atoms with E-state index in [-0.39, 0.29) is 17.9 Å². The summed E-state index contributed by atoms with van der Waals surface area (Å²) in [5, 5.41) is 28.6.